The van der Waals surface area contributed by atoms with Crippen LogP contribution in [0.4, 0.5) is 0 Å². The standard InChI is InChI=1S/C14H12N2O/c1-2-11(9-15-6-1)10-17-13-4-3-12-5-7-16-14(12)8-13/h1-9,16H,10H2. The van der Waals surface area contributed by atoms with Gasteiger partial charge in [0, 0.05) is 35.7 Å². The summed E-state index contributed by atoms with van der Waals surface area (Å²) >= 11 is 0. The maximum absolute atomic E-state index is 5.71. The molecule has 3 aromatic rings. The number of aromatic amines is 1. The second-order valence-corrected chi connectivity index (χ2v) is 3.88. The second-order valence-electron chi connectivity index (χ2n) is 3.88. The average Bonchev–Trinajstić information content (AvgIpc) is 2.85. The van der Waals surface area contributed by atoms with E-state index < -0.39 is 0 Å². The van der Waals surface area contributed by atoms with E-state index in [0.29, 0.717) is 6.61 Å². The van der Waals surface area contributed by atoms with E-state index in [1.54, 1.807) is 6.20 Å². The van der Waals surface area contributed by atoms with Gasteiger partial charge in [-0.3, -0.25) is 4.98 Å². The highest BCUT2D eigenvalue weighted by atomic mass is 16.5. The molecule has 84 valence electrons. The number of hydrogen-bond acceptors (Lipinski definition) is 2. The monoisotopic (exact) mass is 224 g/mol. The third-order valence-corrected chi connectivity index (χ3v) is 2.65. The molecule has 0 amide bonds. The van der Waals surface area contributed by atoms with Crippen LogP contribution in [0.3, 0.4) is 0 Å². The van der Waals surface area contributed by atoms with Gasteiger partial charge in [0.15, 0.2) is 0 Å². The zero-order valence-electron chi connectivity index (χ0n) is 9.26. The lowest BCUT2D eigenvalue weighted by molar-refractivity contribution is 0.306. The van der Waals surface area contributed by atoms with Crippen molar-refractivity contribution < 1.29 is 4.74 Å². The number of ether oxygens (including phenoxy) is 1. The molecule has 0 fully saturated rings. The van der Waals surface area contributed by atoms with Crippen molar-refractivity contribution in [3.63, 3.8) is 0 Å². The first-order valence-electron chi connectivity index (χ1n) is 5.51. The van der Waals surface area contributed by atoms with Gasteiger partial charge >= 0.3 is 0 Å². The van der Waals surface area contributed by atoms with Gasteiger partial charge in [-0.05, 0) is 29.7 Å². The highest BCUT2D eigenvalue weighted by molar-refractivity contribution is 5.80. The summed E-state index contributed by atoms with van der Waals surface area (Å²) < 4.78 is 5.71. The summed E-state index contributed by atoms with van der Waals surface area (Å²) in [6.07, 6.45) is 5.50. The number of H-pyrrole nitrogens is 1. The topological polar surface area (TPSA) is 37.9 Å². The van der Waals surface area contributed by atoms with E-state index in [2.05, 4.69) is 9.97 Å². The van der Waals surface area contributed by atoms with Gasteiger partial charge in [-0.1, -0.05) is 6.07 Å². The Bertz CT molecular complexity index is 616. The van der Waals surface area contributed by atoms with E-state index in [-0.39, 0.29) is 0 Å². The summed E-state index contributed by atoms with van der Waals surface area (Å²) in [5.41, 5.74) is 2.16. The van der Waals surface area contributed by atoms with Crippen LogP contribution in [0, 0.1) is 0 Å². The van der Waals surface area contributed by atoms with Crippen molar-refractivity contribution in [2.24, 2.45) is 0 Å². The van der Waals surface area contributed by atoms with Crippen molar-refractivity contribution >= 4 is 10.9 Å². The Balaban J connectivity index is 1.76. The van der Waals surface area contributed by atoms with E-state index in [9.17, 15) is 0 Å². The van der Waals surface area contributed by atoms with Gasteiger partial charge in [0.1, 0.15) is 12.4 Å². The van der Waals surface area contributed by atoms with E-state index in [4.69, 9.17) is 4.74 Å². The predicted octanol–water partition coefficient (Wildman–Crippen LogP) is 3.14. The molecule has 3 heteroatoms. The average molecular weight is 224 g/mol. The molecular weight excluding hydrogens is 212 g/mol. The smallest absolute Gasteiger partial charge is 0.121 e. The number of nitrogens with one attached hydrogen (secondary N) is 1. The van der Waals surface area contributed by atoms with Crippen LogP contribution < -0.4 is 4.74 Å². The summed E-state index contributed by atoms with van der Waals surface area (Å²) in [6, 6.07) is 12.0. The maximum Gasteiger partial charge on any atom is 0.121 e. The number of pyridine rings is 1. The summed E-state index contributed by atoms with van der Waals surface area (Å²) in [5.74, 6) is 0.865. The zero-order valence-corrected chi connectivity index (χ0v) is 9.26. The van der Waals surface area contributed by atoms with Crippen molar-refractivity contribution in [1.82, 2.24) is 9.97 Å². The normalized spacial score (nSPS) is 10.6. The van der Waals surface area contributed by atoms with Crippen LogP contribution in [0.1, 0.15) is 5.56 Å². The number of fused-ring (bicyclic) bond motifs is 1. The Morgan fingerprint density at radius 2 is 2.18 bits per heavy atom. The van der Waals surface area contributed by atoms with Crippen LogP contribution in [0.2, 0.25) is 0 Å². The predicted molar refractivity (Wildman–Crippen MR) is 66.9 cm³/mol. The van der Waals surface area contributed by atoms with Crippen LogP contribution >= 0.6 is 0 Å². The molecule has 0 aliphatic heterocycles. The molecule has 0 atom stereocenters. The van der Waals surface area contributed by atoms with Crippen LogP contribution in [-0.4, -0.2) is 9.97 Å². The minimum Gasteiger partial charge on any atom is -0.489 e. The van der Waals surface area contributed by atoms with Crippen molar-refractivity contribution in [3.05, 3.63) is 60.6 Å². The summed E-state index contributed by atoms with van der Waals surface area (Å²) in [7, 11) is 0. The van der Waals surface area contributed by atoms with Gasteiger partial charge in [0.05, 0.1) is 0 Å². The highest BCUT2D eigenvalue weighted by Crippen LogP contribution is 2.20. The van der Waals surface area contributed by atoms with E-state index in [1.165, 1.54) is 5.39 Å². The Labute approximate surface area is 99.1 Å². The van der Waals surface area contributed by atoms with Crippen molar-refractivity contribution in [3.8, 4) is 5.75 Å². The maximum atomic E-state index is 5.71. The summed E-state index contributed by atoms with van der Waals surface area (Å²) in [6.45, 7) is 0.542. The molecule has 0 spiro atoms. The van der Waals surface area contributed by atoms with Crippen LogP contribution in [-0.2, 0) is 6.61 Å². The molecule has 17 heavy (non-hydrogen) atoms. The lowest BCUT2D eigenvalue weighted by Crippen LogP contribution is -1.95. The molecule has 3 rings (SSSR count). The number of benzene rings is 1. The van der Waals surface area contributed by atoms with Gasteiger partial charge in [0.25, 0.3) is 0 Å². The summed E-state index contributed by atoms with van der Waals surface area (Å²) in [4.78, 5) is 7.22. The van der Waals surface area contributed by atoms with Gasteiger partial charge in [-0.2, -0.15) is 0 Å². The van der Waals surface area contributed by atoms with E-state index >= 15 is 0 Å². The van der Waals surface area contributed by atoms with Crippen molar-refractivity contribution in [1.29, 1.82) is 0 Å². The number of hydrogen-bond donors (Lipinski definition) is 1. The summed E-state index contributed by atoms with van der Waals surface area (Å²) in [5, 5.41) is 1.19. The molecule has 0 saturated heterocycles. The molecule has 2 heterocycles. The number of rotatable bonds is 3. The first kappa shape index (κ1) is 9.90. The molecule has 0 bridgehead atoms. The minimum atomic E-state index is 0.542. The van der Waals surface area contributed by atoms with Gasteiger partial charge in [0.2, 0.25) is 0 Å². The first-order chi connectivity index (χ1) is 8.42. The molecule has 0 aliphatic carbocycles. The molecule has 1 aromatic carbocycles. The third kappa shape index (κ3) is 2.13. The fourth-order valence-electron chi connectivity index (χ4n) is 1.77. The molecule has 2 aromatic heterocycles. The van der Waals surface area contributed by atoms with Gasteiger partial charge in [-0.15, -0.1) is 0 Å². The zero-order chi connectivity index (χ0) is 11.5. The second kappa shape index (κ2) is 4.29. The van der Waals surface area contributed by atoms with Gasteiger partial charge in [-0.25, -0.2) is 0 Å². The SMILES string of the molecule is c1cncc(COc2ccc3cc[nH]c3c2)c1. The fraction of sp³-hybridized carbons (Fsp3) is 0.0714. The third-order valence-electron chi connectivity index (χ3n) is 2.65. The Morgan fingerprint density at radius 3 is 3.06 bits per heavy atom. The molecule has 3 nitrogen and oxygen atoms in total. The van der Waals surface area contributed by atoms with Crippen LogP contribution in [0.5, 0.6) is 5.75 Å². The van der Waals surface area contributed by atoms with Gasteiger partial charge < -0.3 is 9.72 Å². The highest BCUT2D eigenvalue weighted by Gasteiger charge is 1.98. The van der Waals surface area contributed by atoms with Crippen LogP contribution in [0.25, 0.3) is 10.9 Å². The molecular formula is C14H12N2O. The quantitative estimate of drug-likeness (QED) is 0.742. The largest absolute Gasteiger partial charge is 0.489 e. The van der Waals surface area contributed by atoms with Crippen molar-refractivity contribution in [2.45, 2.75) is 6.61 Å². The number of aromatic nitrogens is 2. The lowest BCUT2D eigenvalue weighted by Gasteiger charge is -2.05. The molecule has 0 unspecified atom stereocenters. The Kier molecular flexibility index (Phi) is 2.50. The first-order valence-corrected chi connectivity index (χ1v) is 5.51. The Morgan fingerprint density at radius 1 is 1.18 bits per heavy atom. The molecule has 0 radical (unpaired) electrons. The van der Waals surface area contributed by atoms with E-state index in [0.717, 1.165) is 16.8 Å². The Hall–Kier alpha value is -2.29. The number of nitrogens with zero attached hydrogens (tertiary/aromatic N) is 1. The fourth-order valence-corrected chi connectivity index (χ4v) is 1.77. The van der Waals surface area contributed by atoms with Crippen molar-refractivity contribution in [2.75, 3.05) is 0 Å². The van der Waals surface area contributed by atoms with Crippen LogP contribution in [0.15, 0.2) is 55.0 Å². The molecule has 0 aliphatic rings. The minimum absolute atomic E-state index is 0.542. The lowest BCUT2D eigenvalue weighted by atomic mass is 10.2. The molecule has 0 saturated carbocycles. The van der Waals surface area contributed by atoms with E-state index in [1.807, 2.05) is 48.8 Å². The molecule has 1 N–H and O–H groups in total.